The first-order valence-electron chi connectivity index (χ1n) is 11.2. The molecule has 5 aromatic rings. The Bertz CT molecular complexity index is 1430. The van der Waals surface area contributed by atoms with Crippen LogP contribution in [0.15, 0.2) is 71.6 Å². The summed E-state index contributed by atoms with van der Waals surface area (Å²) in [4.78, 5) is 9.31. The number of anilines is 1. The van der Waals surface area contributed by atoms with Crippen LogP contribution in [0.25, 0.3) is 33.4 Å². The van der Waals surface area contributed by atoms with Gasteiger partial charge in [0.1, 0.15) is 17.2 Å². The second-order valence-electron chi connectivity index (χ2n) is 8.39. The monoisotopic (exact) mass is 437 g/mol. The van der Waals surface area contributed by atoms with Gasteiger partial charge in [0.15, 0.2) is 0 Å². The van der Waals surface area contributed by atoms with Crippen molar-refractivity contribution in [2.75, 3.05) is 5.32 Å². The minimum atomic E-state index is 0.0759. The molecule has 0 fully saturated rings. The Hall–Kier alpha value is -3.93. The minimum Gasteiger partial charge on any atom is -0.464 e. The van der Waals surface area contributed by atoms with Gasteiger partial charge < -0.3 is 9.73 Å². The largest absolute Gasteiger partial charge is 0.464 e. The van der Waals surface area contributed by atoms with Crippen molar-refractivity contribution >= 4 is 16.8 Å². The molecule has 1 atom stereocenters. The highest BCUT2D eigenvalue weighted by molar-refractivity contribution is 5.85. The van der Waals surface area contributed by atoms with Crippen LogP contribution in [0, 0.1) is 13.8 Å². The maximum atomic E-state index is 5.59. The third-order valence-electron chi connectivity index (χ3n) is 5.94. The number of hydrogen-bond acceptors (Lipinski definition) is 5. The standard InChI is InChI=1S/C27H27N5O/c1-5-32-15-23(14-28-32)21-8-6-7-20(11-21)18(3)29-27-13-25(30-19(4)31-27)22-9-10-26-24(12-22)17(2)16-33-26/h6-16,18H,5H2,1-4H3,(H,29,30,31). The molecule has 0 saturated heterocycles. The summed E-state index contributed by atoms with van der Waals surface area (Å²) in [7, 11) is 0. The molecule has 0 bridgehead atoms. The lowest BCUT2D eigenvalue weighted by Gasteiger charge is -2.17. The molecule has 0 aliphatic carbocycles. The van der Waals surface area contributed by atoms with Crippen molar-refractivity contribution in [2.24, 2.45) is 0 Å². The highest BCUT2D eigenvalue weighted by Crippen LogP contribution is 2.29. The van der Waals surface area contributed by atoms with E-state index in [0.717, 1.165) is 57.1 Å². The number of hydrogen-bond donors (Lipinski definition) is 1. The van der Waals surface area contributed by atoms with E-state index >= 15 is 0 Å². The number of rotatable bonds is 6. The zero-order valence-corrected chi connectivity index (χ0v) is 19.3. The van der Waals surface area contributed by atoms with Crippen LogP contribution in [0.4, 0.5) is 5.82 Å². The van der Waals surface area contributed by atoms with E-state index in [0.29, 0.717) is 0 Å². The minimum absolute atomic E-state index is 0.0759. The van der Waals surface area contributed by atoms with Gasteiger partial charge in [0.05, 0.1) is 18.2 Å². The highest BCUT2D eigenvalue weighted by Gasteiger charge is 2.12. The molecule has 1 N–H and O–H groups in total. The van der Waals surface area contributed by atoms with Crippen molar-refractivity contribution in [3.05, 3.63) is 84.1 Å². The smallest absolute Gasteiger partial charge is 0.134 e. The second-order valence-corrected chi connectivity index (χ2v) is 8.39. The van der Waals surface area contributed by atoms with Gasteiger partial charge >= 0.3 is 0 Å². The molecule has 0 spiro atoms. The molecule has 6 heteroatoms. The maximum Gasteiger partial charge on any atom is 0.134 e. The Morgan fingerprint density at radius 3 is 2.70 bits per heavy atom. The lowest BCUT2D eigenvalue weighted by atomic mass is 10.0. The second kappa shape index (κ2) is 8.54. The topological polar surface area (TPSA) is 68.8 Å². The van der Waals surface area contributed by atoms with Crippen molar-refractivity contribution in [3.8, 4) is 22.4 Å². The van der Waals surface area contributed by atoms with E-state index in [9.17, 15) is 0 Å². The van der Waals surface area contributed by atoms with E-state index in [1.54, 1.807) is 6.26 Å². The first-order chi connectivity index (χ1) is 16.0. The zero-order valence-electron chi connectivity index (χ0n) is 19.3. The first kappa shape index (κ1) is 20.9. The fourth-order valence-electron chi connectivity index (χ4n) is 4.08. The van der Waals surface area contributed by atoms with Gasteiger partial charge in [-0.1, -0.05) is 18.2 Å². The summed E-state index contributed by atoms with van der Waals surface area (Å²) in [6, 6.07) is 16.8. The predicted molar refractivity (Wildman–Crippen MR) is 132 cm³/mol. The van der Waals surface area contributed by atoms with Crippen LogP contribution in [-0.4, -0.2) is 19.7 Å². The highest BCUT2D eigenvalue weighted by atomic mass is 16.3. The summed E-state index contributed by atoms with van der Waals surface area (Å²) in [6.07, 6.45) is 5.78. The van der Waals surface area contributed by atoms with E-state index in [-0.39, 0.29) is 6.04 Å². The Kier molecular flexibility index (Phi) is 5.42. The van der Waals surface area contributed by atoms with Crippen molar-refractivity contribution in [1.82, 2.24) is 19.7 Å². The number of furan rings is 1. The number of fused-ring (bicyclic) bond motifs is 1. The van der Waals surface area contributed by atoms with Crippen molar-refractivity contribution in [2.45, 2.75) is 40.3 Å². The Morgan fingerprint density at radius 2 is 1.88 bits per heavy atom. The normalized spacial score (nSPS) is 12.2. The molecule has 3 aromatic heterocycles. The fourth-order valence-corrected chi connectivity index (χ4v) is 4.08. The number of nitrogens with zero attached hydrogens (tertiary/aromatic N) is 4. The summed E-state index contributed by atoms with van der Waals surface area (Å²) < 4.78 is 7.53. The quantitative estimate of drug-likeness (QED) is 0.326. The van der Waals surface area contributed by atoms with Crippen LogP contribution >= 0.6 is 0 Å². The number of aromatic nitrogens is 4. The summed E-state index contributed by atoms with van der Waals surface area (Å²) in [5, 5.41) is 9.06. The molecule has 6 nitrogen and oxygen atoms in total. The molecule has 166 valence electrons. The first-order valence-corrected chi connectivity index (χ1v) is 11.2. The van der Waals surface area contributed by atoms with Gasteiger partial charge in [-0.15, -0.1) is 0 Å². The molecule has 0 radical (unpaired) electrons. The lowest BCUT2D eigenvalue weighted by Crippen LogP contribution is -2.09. The Morgan fingerprint density at radius 1 is 1.00 bits per heavy atom. The van der Waals surface area contributed by atoms with Crippen LogP contribution in [0.2, 0.25) is 0 Å². The number of aryl methyl sites for hydroxylation is 3. The molecule has 0 amide bonds. The summed E-state index contributed by atoms with van der Waals surface area (Å²) >= 11 is 0. The van der Waals surface area contributed by atoms with E-state index in [4.69, 9.17) is 4.42 Å². The average molecular weight is 438 g/mol. The molecule has 1 unspecified atom stereocenters. The maximum absolute atomic E-state index is 5.59. The zero-order chi connectivity index (χ0) is 22.9. The molecule has 33 heavy (non-hydrogen) atoms. The lowest BCUT2D eigenvalue weighted by molar-refractivity contribution is 0.613. The van der Waals surface area contributed by atoms with Crippen LogP contribution in [-0.2, 0) is 6.54 Å². The van der Waals surface area contributed by atoms with Gasteiger partial charge in [0, 0.05) is 41.4 Å². The fraction of sp³-hybridized carbons (Fsp3) is 0.222. The van der Waals surface area contributed by atoms with Crippen LogP contribution in [0.1, 0.15) is 36.8 Å². The summed E-state index contributed by atoms with van der Waals surface area (Å²) in [6.45, 7) is 9.07. The van der Waals surface area contributed by atoms with E-state index in [1.165, 1.54) is 5.56 Å². The van der Waals surface area contributed by atoms with Gasteiger partial charge in [-0.25, -0.2) is 9.97 Å². The van der Waals surface area contributed by atoms with Crippen LogP contribution in [0.3, 0.4) is 0 Å². The van der Waals surface area contributed by atoms with E-state index in [2.05, 4.69) is 77.7 Å². The van der Waals surface area contributed by atoms with Gasteiger partial charge in [0.25, 0.3) is 0 Å². The van der Waals surface area contributed by atoms with Gasteiger partial charge in [-0.05, 0) is 68.7 Å². The molecule has 0 saturated carbocycles. The van der Waals surface area contributed by atoms with Gasteiger partial charge in [-0.3, -0.25) is 4.68 Å². The Balaban J connectivity index is 1.41. The van der Waals surface area contributed by atoms with Crippen molar-refractivity contribution in [3.63, 3.8) is 0 Å². The number of nitrogens with one attached hydrogen (secondary N) is 1. The van der Waals surface area contributed by atoms with Gasteiger partial charge in [-0.2, -0.15) is 5.10 Å². The summed E-state index contributed by atoms with van der Waals surface area (Å²) in [5.41, 5.74) is 7.40. The SMILES string of the molecule is CCn1cc(-c2cccc(C(C)Nc3cc(-c4ccc5occ(C)c5c4)nc(C)n3)c2)cn1. The van der Waals surface area contributed by atoms with Crippen molar-refractivity contribution < 1.29 is 4.42 Å². The third-order valence-corrected chi connectivity index (χ3v) is 5.94. The molecular weight excluding hydrogens is 410 g/mol. The predicted octanol–water partition coefficient (Wildman–Crippen LogP) is 6.56. The van der Waals surface area contributed by atoms with Crippen LogP contribution in [0.5, 0.6) is 0 Å². The molecule has 0 aliphatic heterocycles. The average Bonchev–Trinajstić information content (AvgIpc) is 3.45. The number of benzene rings is 2. The van der Waals surface area contributed by atoms with Crippen molar-refractivity contribution in [1.29, 1.82) is 0 Å². The molecular formula is C27H27N5O. The summed E-state index contributed by atoms with van der Waals surface area (Å²) in [5.74, 6) is 1.53. The van der Waals surface area contributed by atoms with Gasteiger partial charge in [0.2, 0.25) is 0 Å². The third kappa shape index (κ3) is 4.24. The molecule has 3 heterocycles. The van der Waals surface area contributed by atoms with E-state index in [1.807, 2.05) is 36.0 Å². The molecule has 0 aliphatic rings. The van der Waals surface area contributed by atoms with Crippen LogP contribution < -0.4 is 5.32 Å². The molecule has 2 aromatic carbocycles. The molecule has 5 rings (SSSR count). The Labute approximate surface area is 193 Å². The van der Waals surface area contributed by atoms with E-state index < -0.39 is 0 Å².